The van der Waals surface area contributed by atoms with Gasteiger partial charge in [0.25, 0.3) is 0 Å². The summed E-state index contributed by atoms with van der Waals surface area (Å²) in [6.45, 7) is 4.08. The lowest BCUT2D eigenvalue weighted by Crippen LogP contribution is -2.37. The molecule has 0 spiro atoms. The molecule has 2 rings (SSSR count). The molecule has 0 aromatic carbocycles. The van der Waals surface area contributed by atoms with Gasteiger partial charge in [-0.15, -0.1) is 0 Å². The lowest BCUT2D eigenvalue weighted by molar-refractivity contribution is -0.0465. The molecule has 0 aliphatic heterocycles. The van der Waals surface area contributed by atoms with Gasteiger partial charge in [0.2, 0.25) is 0 Å². The molecule has 0 bridgehead atoms. The molecule has 1 aromatic rings. The van der Waals surface area contributed by atoms with Crippen LogP contribution in [0.5, 0.6) is 0 Å². The predicted molar refractivity (Wildman–Crippen MR) is 64.9 cm³/mol. The van der Waals surface area contributed by atoms with Crippen LogP contribution in [0.25, 0.3) is 0 Å². The molecule has 1 aromatic heterocycles. The van der Waals surface area contributed by atoms with Crippen LogP contribution in [0.3, 0.4) is 0 Å². The maximum Gasteiger partial charge on any atom is 0.129 e. The first-order valence-electron chi connectivity index (χ1n) is 5.99. The van der Waals surface area contributed by atoms with Gasteiger partial charge in [-0.2, -0.15) is 0 Å². The SMILES string of the molecule is Cc1cnc(N)c(C2(O)CCCCC2C)c1. The third kappa shape index (κ3) is 1.80. The Morgan fingerprint density at radius 3 is 2.94 bits per heavy atom. The molecule has 2 atom stereocenters. The van der Waals surface area contributed by atoms with Crippen molar-refractivity contribution < 1.29 is 5.11 Å². The molecule has 16 heavy (non-hydrogen) atoms. The summed E-state index contributed by atoms with van der Waals surface area (Å²) in [6, 6.07) is 1.98. The minimum atomic E-state index is -0.776. The summed E-state index contributed by atoms with van der Waals surface area (Å²) in [7, 11) is 0. The molecule has 3 heteroatoms. The van der Waals surface area contributed by atoms with E-state index in [1.54, 1.807) is 6.20 Å². The molecule has 1 saturated carbocycles. The summed E-state index contributed by atoms with van der Waals surface area (Å²) in [6.07, 6.45) is 5.86. The second-order valence-corrected chi connectivity index (χ2v) is 5.02. The summed E-state index contributed by atoms with van der Waals surface area (Å²) in [5.41, 5.74) is 6.99. The van der Waals surface area contributed by atoms with Gasteiger partial charge in [0.15, 0.2) is 0 Å². The fourth-order valence-electron chi connectivity index (χ4n) is 2.66. The number of nitrogens with zero attached hydrogens (tertiary/aromatic N) is 1. The van der Waals surface area contributed by atoms with Gasteiger partial charge < -0.3 is 10.8 Å². The topological polar surface area (TPSA) is 59.1 Å². The summed E-state index contributed by atoms with van der Waals surface area (Å²) < 4.78 is 0. The Kier molecular flexibility index (Phi) is 2.89. The van der Waals surface area contributed by atoms with E-state index in [1.165, 1.54) is 6.42 Å². The van der Waals surface area contributed by atoms with Crippen molar-refractivity contribution in [1.82, 2.24) is 4.98 Å². The summed E-state index contributed by atoms with van der Waals surface area (Å²) >= 11 is 0. The van der Waals surface area contributed by atoms with E-state index in [-0.39, 0.29) is 5.92 Å². The maximum absolute atomic E-state index is 10.8. The number of pyridine rings is 1. The molecular formula is C13H20N2O. The molecular weight excluding hydrogens is 200 g/mol. The average molecular weight is 220 g/mol. The molecule has 3 nitrogen and oxygen atoms in total. The van der Waals surface area contributed by atoms with Crippen molar-refractivity contribution in [3.8, 4) is 0 Å². The molecule has 3 N–H and O–H groups in total. The second kappa shape index (κ2) is 4.06. The number of hydrogen-bond donors (Lipinski definition) is 2. The summed E-state index contributed by atoms with van der Waals surface area (Å²) in [5, 5.41) is 10.8. The van der Waals surface area contributed by atoms with E-state index in [1.807, 2.05) is 13.0 Å². The van der Waals surface area contributed by atoms with Crippen LogP contribution in [-0.4, -0.2) is 10.1 Å². The van der Waals surface area contributed by atoms with Crippen LogP contribution in [0.15, 0.2) is 12.3 Å². The fourth-order valence-corrected chi connectivity index (χ4v) is 2.66. The van der Waals surface area contributed by atoms with Gasteiger partial charge in [0, 0.05) is 11.8 Å². The number of rotatable bonds is 1. The van der Waals surface area contributed by atoms with Crippen LogP contribution < -0.4 is 5.73 Å². The maximum atomic E-state index is 10.8. The number of nitrogen functional groups attached to an aromatic ring is 1. The Balaban J connectivity index is 2.44. The van der Waals surface area contributed by atoms with Crippen LogP contribution in [0, 0.1) is 12.8 Å². The quantitative estimate of drug-likeness (QED) is 0.764. The lowest BCUT2D eigenvalue weighted by atomic mass is 9.72. The number of aromatic nitrogens is 1. The highest BCUT2D eigenvalue weighted by Crippen LogP contribution is 2.43. The van der Waals surface area contributed by atoms with Crippen molar-refractivity contribution in [3.05, 3.63) is 23.4 Å². The van der Waals surface area contributed by atoms with Gasteiger partial charge in [-0.25, -0.2) is 4.98 Å². The van der Waals surface area contributed by atoms with E-state index in [0.717, 1.165) is 30.4 Å². The van der Waals surface area contributed by atoms with E-state index in [0.29, 0.717) is 5.82 Å². The number of aliphatic hydroxyl groups is 1. The number of aryl methyl sites for hydroxylation is 1. The van der Waals surface area contributed by atoms with Crippen molar-refractivity contribution in [2.75, 3.05) is 5.73 Å². The van der Waals surface area contributed by atoms with Crippen molar-refractivity contribution in [1.29, 1.82) is 0 Å². The smallest absolute Gasteiger partial charge is 0.129 e. The monoisotopic (exact) mass is 220 g/mol. The molecule has 88 valence electrons. The molecule has 0 saturated heterocycles. The van der Waals surface area contributed by atoms with Gasteiger partial charge in [-0.05, 0) is 37.3 Å². The first-order valence-corrected chi connectivity index (χ1v) is 5.99. The standard InChI is InChI=1S/C13H20N2O/c1-9-7-11(12(14)15-8-9)13(16)6-4-3-5-10(13)2/h7-8,10,16H,3-6H2,1-2H3,(H2,14,15). The summed E-state index contributed by atoms with van der Waals surface area (Å²) in [4.78, 5) is 4.15. The van der Waals surface area contributed by atoms with Gasteiger partial charge in [-0.3, -0.25) is 0 Å². The zero-order valence-electron chi connectivity index (χ0n) is 10.0. The third-order valence-electron chi connectivity index (χ3n) is 3.78. The Bertz CT molecular complexity index is 392. The van der Waals surface area contributed by atoms with Crippen LogP contribution >= 0.6 is 0 Å². The van der Waals surface area contributed by atoms with Crippen LogP contribution in [0.2, 0.25) is 0 Å². The number of anilines is 1. The van der Waals surface area contributed by atoms with Gasteiger partial charge >= 0.3 is 0 Å². The molecule has 1 aliphatic rings. The minimum Gasteiger partial charge on any atom is -0.385 e. The first kappa shape index (κ1) is 11.4. The van der Waals surface area contributed by atoms with Gasteiger partial charge in [-0.1, -0.05) is 19.8 Å². The molecule has 0 radical (unpaired) electrons. The van der Waals surface area contributed by atoms with E-state index in [9.17, 15) is 5.11 Å². The second-order valence-electron chi connectivity index (χ2n) is 5.02. The molecule has 1 heterocycles. The molecule has 2 unspecified atom stereocenters. The average Bonchev–Trinajstić information content (AvgIpc) is 2.26. The van der Waals surface area contributed by atoms with E-state index in [4.69, 9.17) is 5.73 Å². The highest BCUT2D eigenvalue weighted by atomic mass is 16.3. The van der Waals surface area contributed by atoms with E-state index < -0.39 is 5.60 Å². The minimum absolute atomic E-state index is 0.257. The largest absolute Gasteiger partial charge is 0.385 e. The van der Waals surface area contributed by atoms with Crippen molar-refractivity contribution in [3.63, 3.8) is 0 Å². The Morgan fingerprint density at radius 2 is 2.25 bits per heavy atom. The third-order valence-corrected chi connectivity index (χ3v) is 3.78. The lowest BCUT2D eigenvalue weighted by Gasteiger charge is -2.39. The van der Waals surface area contributed by atoms with Crippen molar-refractivity contribution in [2.24, 2.45) is 5.92 Å². The van der Waals surface area contributed by atoms with Crippen LogP contribution in [-0.2, 0) is 5.60 Å². The highest BCUT2D eigenvalue weighted by Gasteiger charge is 2.39. The van der Waals surface area contributed by atoms with Crippen LogP contribution in [0.4, 0.5) is 5.82 Å². The highest BCUT2D eigenvalue weighted by molar-refractivity contribution is 5.45. The fraction of sp³-hybridized carbons (Fsp3) is 0.615. The van der Waals surface area contributed by atoms with Gasteiger partial charge in [0.05, 0.1) is 5.60 Å². The molecule has 1 aliphatic carbocycles. The summed E-state index contributed by atoms with van der Waals surface area (Å²) in [5.74, 6) is 0.731. The van der Waals surface area contributed by atoms with Gasteiger partial charge in [0.1, 0.15) is 5.82 Å². The Hall–Kier alpha value is -1.09. The zero-order valence-corrected chi connectivity index (χ0v) is 10.0. The van der Waals surface area contributed by atoms with Crippen LogP contribution in [0.1, 0.15) is 43.7 Å². The van der Waals surface area contributed by atoms with E-state index in [2.05, 4.69) is 11.9 Å². The first-order chi connectivity index (χ1) is 7.54. The molecule has 0 amide bonds. The normalized spacial score (nSPS) is 30.3. The molecule has 1 fully saturated rings. The number of nitrogens with two attached hydrogens (primary N) is 1. The van der Waals surface area contributed by atoms with Crippen molar-refractivity contribution >= 4 is 5.82 Å². The Labute approximate surface area is 96.7 Å². The van der Waals surface area contributed by atoms with Crippen molar-refractivity contribution in [2.45, 2.75) is 45.1 Å². The zero-order chi connectivity index (χ0) is 11.8. The predicted octanol–water partition coefficient (Wildman–Crippen LogP) is 2.37. The van der Waals surface area contributed by atoms with E-state index >= 15 is 0 Å². The Morgan fingerprint density at radius 1 is 1.50 bits per heavy atom. The number of hydrogen-bond acceptors (Lipinski definition) is 3.